The molecule has 0 amide bonds. The first kappa shape index (κ1) is 13.6. The molecule has 2 atom stereocenters. The average molecular weight is 249 g/mol. The van der Waals surface area contributed by atoms with Crippen molar-refractivity contribution in [3.8, 4) is 0 Å². The fraction of sp³-hybridized carbons (Fsp3) is 0.800. The highest BCUT2D eigenvalue weighted by atomic mass is 15.3. The summed E-state index contributed by atoms with van der Waals surface area (Å²) in [7, 11) is 0. The molecular formula is C15H27N3. The van der Waals surface area contributed by atoms with Gasteiger partial charge in [0.15, 0.2) is 0 Å². The summed E-state index contributed by atoms with van der Waals surface area (Å²) in [5, 5.41) is 8.08. The average Bonchev–Trinajstić information content (AvgIpc) is 2.94. The highest BCUT2D eigenvalue weighted by Gasteiger charge is 2.27. The Bertz CT molecular complexity index is 370. The quantitative estimate of drug-likeness (QED) is 0.840. The zero-order valence-electron chi connectivity index (χ0n) is 12.1. The van der Waals surface area contributed by atoms with Crippen LogP contribution in [0.4, 0.5) is 0 Å². The van der Waals surface area contributed by atoms with Gasteiger partial charge in [0, 0.05) is 12.2 Å². The fourth-order valence-corrected chi connectivity index (χ4v) is 3.29. The number of nitrogens with zero attached hydrogens (tertiary/aromatic N) is 2. The molecule has 3 nitrogen and oxygen atoms in total. The van der Waals surface area contributed by atoms with E-state index in [9.17, 15) is 0 Å². The van der Waals surface area contributed by atoms with Crippen molar-refractivity contribution in [2.75, 3.05) is 13.1 Å². The molecule has 1 fully saturated rings. The van der Waals surface area contributed by atoms with Crippen molar-refractivity contribution in [3.05, 3.63) is 17.5 Å². The van der Waals surface area contributed by atoms with Crippen LogP contribution >= 0.6 is 0 Å². The summed E-state index contributed by atoms with van der Waals surface area (Å²) in [6.45, 7) is 9.75. The molecule has 0 aliphatic heterocycles. The summed E-state index contributed by atoms with van der Waals surface area (Å²) in [4.78, 5) is 0. The number of nitrogens with one attached hydrogen (secondary N) is 1. The van der Waals surface area contributed by atoms with Crippen molar-refractivity contribution < 1.29 is 0 Å². The monoisotopic (exact) mass is 249 g/mol. The predicted octanol–water partition coefficient (Wildman–Crippen LogP) is 2.78. The molecule has 0 saturated heterocycles. The van der Waals surface area contributed by atoms with Gasteiger partial charge >= 0.3 is 0 Å². The Morgan fingerprint density at radius 2 is 2.11 bits per heavy atom. The molecule has 1 heterocycles. The van der Waals surface area contributed by atoms with E-state index in [1.807, 2.05) is 0 Å². The Labute approximate surface area is 111 Å². The molecule has 1 aliphatic rings. The number of aromatic nitrogens is 2. The smallest absolute Gasteiger partial charge is 0.0596 e. The van der Waals surface area contributed by atoms with E-state index in [1.54, 1.807) is 0 Å². The largest absolute Gasteiger partial charge is 0.317 e. The van der Waals surface area contributed by atoms with Crippen LogP contribution in [-0.2, 0) is 13.0 Å². The highest BCUT2D eigenvalue weighted by molar-refractivity contribution is 5.10. The molecule has 1 aliphatic carbocycles. The zero-order chi connectivity index (χ0) is 13.0. The molecule has 0 spiro atoms. The zero-order valence-corrected chi connectivity index (χ0v) is 12.1. The van der Waals surface area contributed by atoms with E-state index < -0.39 is 0 Å². The number of aryl methyl sites for hydroxylation is 2. The van der Waals surface area contributed by atoms with Crippen LogP contribution in [-0.4, -0.2) is 22.9 Å². The van der Waals surface area contributed by atoms with E-state index >= 15 is 0 Å². The van der Waals surface area contributed by atoms with Gasteiger partial charge in [-0.3, -0.25) is 4.68 Å². The van der Waals surface area contributed by atoms with Crippen molar-refractivity contribution >= 4 is 0 Å². The summed E-state index contributed by atoms with van der Waals surface area (Å²) in [5.74, 6) is 1.72. The summed E-state index contributed by atoms with van der Waals surface area (Å²) >= 11 is 0. The maximum atomic E-state index is 4.56. The minimum absolute atomic E-state index is 0.852. The van der Waals surface area contributed by atoms with Crippen LogP contribution < -0.4 is 5.32 Å². The summed E-state index contributed by atoms with van der Waals surface area (Å²) < 4.78 is 2.18. The topological polar surface area (TPSA) is 29.9 Å². The summed E-state index contributed by atoms with van der Waals surface area (Å²) in [5.41, 5.74) is 2.59. The molecule has 0 aromatic carbocycles. The van der Waals surface area contributed by atoms with Gasteiger partial charge in [0.05, 0.1) is 5.69 Å². The SMILES string of the molecule is CCNCC1CCCC1Cc1cc(C)nn1CC. The molecule has 18 heavy (non-hydrogen) atoms. The number of rotatable bonds is 6. The normalized spacial score (nSPS) is 23.7. The first-order valence-electron chi connectivity index (χ1n) is 7.48. The molecule has 0 bridgehead atoms. The van der Waals surface area contributed by atoms with Crippen molar-refractivity contribution in [2.45, 2.75) is 53.0 Å². The van der Waals surface area contributed by atoms with Crippen LogP contribution in [0.15, 0.2) is 6.07 Å². The van der Waals surface area contributed by atoms with Gasteiger partial charge in [-0.2, -0.15) is 5.10 Å². The molecule has 1 aromatic heterocycles. The fourth-order valence-electron chi connectivity index (χ4n) is 3.29. The van der Waals surface area contributed by atoms with E-state index in [2.05, 4.69) is 41.9 Å². The second-order valence-electron chi connectivity index (χ2n) is 5.56. The summed E-state index contributed by atoms with van der Waals surface area (Å²) in [6.07, 6.45) is 5.41. The summed E-state index contributed by atoms with van der Waals surface area (Å²) in [6, 6.07) is 2.27. The van der Waals surface area contributed by atoms with Gasteiger partial charge in [-0.15, -0.1) is 0 Å². The molecule has 2 unspecified atom stereocenters. The maximum absolute atomic E-state index is 4.56. The van der Waals surface area contributed by atoms with E-state index in [1.165, 1.54) is 37.9 Å². The lowest BCUT2D eigenvalue weighted by Crippen LogP contribution is -2.26. The highest BCUT2D eigenvalue weighted by Crippen LogP contribution is 2.33. The second-order valence-corrected chi connectivity index (χ2v) is 5.56. The Kier molecular flexibility index (Phi) is 4.81. The van der Waals surface area contributed by atoms with Gasteiger partial charge in [-0.05, 0) is 64.1 Å². The molecule has 102 valence electrons. The van der Waals surface area contributed by atoms with Gasteiger partial charge in [0.1, 0.15) is 0 Å². The molecule has 3 heteroatoms. The van der Waals surface area contributed by atoms with E-state index in [0.29, 0.717) is 0 Å². The van der Waals surface area contributed by atoms with E-state index in [0.717, 1.165) is 30.6 Å². The van der Waals surface area contributed by atoms with Gasteiger partial charge in [0.2, 0.25) is 0 Å². The number of hydrogen-bond donors (Lipinski definition) is 1. The van der Waals surface area contributed by atoms with Crippen LogP contribution in [0.1, 0.15) is 44.5 Å². The predicted molar refractivity (Wildman–Crippen MR) is 75.7 cm³/mol. The Hall–Kier alpha value is -0.830. The molecular weight excluding hydrogens is 222 g/mol. The molecule has 2 rings (SSSR count). The van der Waals surface area contributed by atoms with Crippen LogP contribution in [0.25, 0.3) is 0 Å². The molecule has 1 aromatic rings. The van der Waals surface area contributed by atoms with Gasteiger partial charge < -0.3 is 5.32 Å². The third-order valence-corrected chi connectivity index (χ3v) is 4.23. The first-order chi connectivity index (χ1) is 8.74. The molecule has 1 saturated carbocycles. The van der Waals surface area contributed by atoms with Crippen LogP contribution in [0.5, 0.6) is 0 Å². The third kappa shape index (κ3) is 3.14. The lowest BCUT2D eigenvalue weighted by molar-refractivity contribution is 0.360. The van der Waals surface area contributed by atoms with Crippen molar-refractivity contribution in [1.82, 2.24) is 15.1 Å². The minimum Gasteiger partial charge on any atom is -0.317 e. The molecule has 0 radical (unpaired) electrons. The standard InChI is InChI=1S/C15H27N3/c1-4-16-11-14-8-6-7-13(14)10-15-9-12(3)17-18(15)5-2/h9,13-14,16H,4-8,10-11H2,1-3H3. The first-order valence-corrected chi connectivity index (χ1v) is 7.48. The Morgan fingerprint density at radius 1 is 1.33 bits per heavy atom. The lowest BCUT2D eigenvalue weighted by Gasteiger charge is -2.20. The van der Waals surface area contributed by atoms with Crippen LogP contribution in [0.3, 0.4) is 0 Å². The number of hydrogen-bond acceptors (Lipinski definition) is 2. The van der Waals surface area contributed by atoms with Gasteiger partial charge in [0.25, 0.3) is 0 Å². The second kappa shape index (κ2) is 6.37. The van der Waals surface area contributed by atoms with E-state index in [-0.39, 0.29) is 0 Å². The Balaban J connectivity index is 1.98. The molecule has 1 N–H and O–H groups in total. The van der Waals surface area contributed by atoms with E-state index in [4.69, 9.17) is 0 Å². The van der Waals surface area contributed by atoms with Crippen LogP contribution in [0, 0.1) is 18.8 Å². The van der Waals surface area contributed by atoms with Crippen molar-refractivity contribution in [2.24, 2.45) is 11.8 Å². The van der Waals surface area contributed by atoms with Crippen molar-refractivity contribution in [3.63, 3.8) is 0 Å². The third-order valence-electron chi connectivity index (χ3n) is 4.23. The minimum atomic E-state index is 0.852. The lowest BCUT2D eigenvalue weighted by atomic mass is 9.91. The maximum Gasteiger partial charge on any atom is 0.0596 e. The van der Waals surface area contributed by atoms with Gasteiger partial charge in [-0.25, -0.2) is 0 Å². The van der Waals surface area contributed by atoms with Crippen molar-refractivity contribution in [1.29, 1.82) is 0 Å². The van der Waals surface area contributed by atoms with Gasteiger partial charge in [-0.1, -0.05) is 13.3 Å². The van der Waals surface area contributed by atoms with Crippen LogP contribution in [0.2, 0.25) is 0 Å². The Morgan fingerprint density at radius 3 is 2.83 bits per heavy atom.